The minimum Gasteiger partial charge on any atom is -0.437 e. The second-order valence-electron chi connectivity index (χ2n) is 9.27. The molecule has 0 radical (unpaired) electrons. The van der Waals surface area contributed by atoms with Crippen molar-refractivity contribution in [3.8, 4) is 23.3 Å². The first-order valence-electron chi connectivity index (χ1n) is 12.0. The van der Waals surface area contributed by atoms with Gasteiger partial charge in [0.25, 0.3) is 0 Å². The van der Waals surface area contributed by atoms with E-state index in [1.807, 2.05) is 72.8 Å². The maximum absolute atomic E-state index is 5.96. The fraction of sp³-hybridized carbons (Fsp3) is 0.0968. The lowest BCUT2D eigenvalue weighted by Crippen LogP contribution is -2.18. The number of nitrogens with zero attached hydrogens (tertiary/aromatic N) is 4. The van der Waals surface area contributed by atoms with Crippen molar-refractivity contribution >= 4 is 22.1 Å². The van der Waals surface area contributed by atoms with Crippen LogP contribution in [-0.4, -0.2) is 19.9 Å². The monoisotopic (exact) mass is 484 g/mol. The van der Waals surface area contributed by atoms with Crippen molar-refractivity contribution in [1.82, 2.24) is 19.9 Å². The van der Waals surface area contributed by atoms with Crippen LogP contribution >= 0.6 is 0 Å². The van der Waals surface area contributed by atoms with Crippen LogP contribution in [0.2, 0.25) is 0 Å². The van der Waals surface area contributed by atoms with Crippen LogP contribution in [0.25, 0.3) is 22.1 Å². The topological polar surface area (TPSA) is 70.0 Å². The summed E-state index contributed by atoms with van der Waals surface area (Å²) in [6.07, 6.45) is 3.29. The van der Waals surface area contributed by atoms with Crippen molar-refractivity contribution in [1.29, 1.82) is 0 Å². The minimum absolute atomic E-state index is 0.220. The first kappa shape index (κ1) is 22.6. The normalized spacial score (nSPS) is 11.5. The van der Waals surface area contributed by atoms with E-state index in [1.165, 1.54) is 11.1 Å². The molecule has 4 aromatic carbocycles. The van der Waals surface area contributed by atoms with Crippen LogP contribution < -0.4 is 9.47 Å². The zero-order valence-corrected chi connectivity index (χ0v) is 20.5. The quantitative estimate of drug-likeness (QED) is 0.244. The van der Waals surface area contributed by atoms with Crippen LogP contribution in [0.15, 0.2) is 109 Å². The van der Waals surface area contributed by atoms with Gasteiger partial charge in [-0.3, -0.25) is 0 Å². The van der Waals surface area contributed by atoms with Crippen LogP contribution in [0.1, 0.15) is 25.0 Å². The Morgan fingerprint density at radius 1 is 0.486 bits per heavy atom. The van der Waals surface area contributed by atoms with Gasteiger partial charge >= 0.3 is 0 Å². The standard InChI is InChI=1S/C31H24N4O2/c1-31(2,21-11-15-23(16-12-21)36-29-19-32-25-7-3-5-9-27(25)34-29)22-13-17-24(18-14-22)37-30-20-33-26-8-4-6-10-28(26)35-30/h3-20H,1-2H3. The van der Waals surface area contributed by atoms with Crippen LogP contribution in [0.4, 0.5) is 0 Å². The minimum atomic E-state index is -0.220. The Labute approximate surface area is 214 Å². The Morgan fingerprint density at radius 2 is 0.865 bits per heavy atom. The lowest BCUT2D eigenvalue weighted by Gasteiger charge is -2.26. The third-order valence-corrected chi connectivity index (χ3v) is 6.45. The Kier molecular flexibility index (Phi) is 5.69. The molecule has 0 amide bonds. The zero-order chi connectivity index (χ0) is 25.2. The van der Waals surface area contributed by atoms with E-state index >= 15 is 0 Å². The number of para-hydroxylation sites is 4. The van der Waals surface area contributed by atoms with Crippen molar-refractivity contribution in [2.24, 2.45) is 0 Å². The first-order chi connectivity index (χ1) is 18.0. The van der Waals surface area contributed by atoms with Gasteiger partial charge in [-0.05, 0) is 59.7 Å². The van der Waals surface area contributed by atoms with Crippen LogP contribution in [-0.2, 0) is 5.41 Å². The molecule has 0 unspecified atom stereocenters. The zero-order valence-electron chi connectivity index (χ0n) is 20.5. The number of ether oxygens (including phenoxy) is 2. The van der Waals surface area contributed by atoms with Gasteiger partial charge in [0.05, 0.1) is 34.5 Å². The molecule has 0 atom stereocenters. The largest absolute Gasteiger partial charge is 0.437 e. The summed E-state index contributed by atoms with van der Waals surface area (Å²) >= 11 is 0. The van der Waals surface area contributed by atoms with Gasteiger partial charge in [0.1, 0.15) is 11.5 Å². The number of aromatic nitrogens is 4. The van der Waals surface area contributed by atoms with Crippen molar-refractivity contribution in [2.45, 2.75) is 19.3 Å². The van der Waals surface area contributed by atoms with E-state index in [9.17, 15) is 0 Å². The van der Waals surface area contributed by atoms with Crippen molar-refractivity contribution in [2.75, 3.05) is 0 Å². The predicted molar refractivity (Wildman–Crippen MR) is 144 cm³/mol. The molecule has 0 aliphatic rings. The summed E-state index contributed by atoms with van der Waals surface area (Å²) in [5.41, 5.74) is 5.40. The molecule has 6 nitrogen and oxygen atoms in total. The van der Waals surface area contributed by atoms with Crippen molar-refractivity contribution in [3.05, 3.63) is 121 Å². The van der Waals surface area contributed by atoms with Crippen LogP contribution in [0.3, 0.4) is 0 Å². The molecule has 0 aliphatic heterocycles. The molecule has 180 valence electrons. The van der Waals surface area contributed by atoms with Crippen molar-refractivity contribution < 1.29 is 9.47 Å². The summed E-state index contributed by atoms with van der Waals surface area (Å²) in [7, 11) is 0. The number of fused-ring (bicyclic) bond motifs is 2. The second kappa shape index (κ2) is 9.32. The highest BCUT2D eigenvalue weighted by Crippen LogP contribution is 2.34. The molecule has 0 saturated carbocycles. The van der Waals surface area contributed by atoms with E-state index < -0.39 is 0 Å². The smallest absolute Gasteiger partial charge is 0.238 e. The van der Waals surface area contributed by atoms with Crippen LogP contribution in [0.5, 0.6) is 23.3 Å². The maximum atomic E-state index is 5.96. The average molecular weight is 485 g/mol. The highest BCUT2D eigenvalue weighted by Gasteiger charge is 2.23. The molecular weight excluding hydrogens is 460 g/mol. The van der Waals surface area contributed by atoms with Gasteiger partial charge in [-0.25, -0.2) is 19.9 Å². The van der Waals surface area contributed by atoms with Gasteiger partial charge < -0.3 is 9.47 Å². The van der Waals surface area contributed by atoms with Gasteiger partial charge in [-0.2, -0.15) is 0 Å². The number of hydrogen-bond donors (Lipinski definition) is 0. The molecule has 37 heavy (non-hydrogen) atoms. The summed E-state index contributed by atoms with van der Waals surface area (Å²) in [6, 6.07) is 31.6. The Balaban J connectivity index is 1.16. The number of rotatable bonds is 6. The highest BCUT2D eigenvalue weighted by atomic mass is 16.5. The summed E-state index contributed by atoms with van der Waals surface area (Å²) in [4.78, 5) is 17.9. The second-order valence-corrected chi connectivity index (χ2v) is 9.27. The van der Waals surface area contributed by atoms with E-state index in [-0.39, 0.29) is 5.41 Å². The van der Waals surface area contributed by atoms with Gasteiger partial charge in [-0.15, -0.1) is 0 Å². The fourth-order valence-corrected chi connectivity index (χ4v) is 4.27. The molecule has 0 spiro atoms. The maximum Gasteiger partial charge on any atom is 0.238 e. The van der Waals surface area contributed by atoms with E-state index in [2.05, 4.69) is 58.0 Å². The van der Waals surface area contributed by atoms with Gasteiger partial charge in [0.15, 0.2) is 0 Å². The van der Waals surface area contributed by atoms with Crippen molar-refractivity contribution in [3.63, 3.8) is 0 Å². The molecule has 6 heteroatoms. The van der Waals surface area contributed by atoms with Gasteiger partial charge in [-0.1, -0.05) is 62.4 Å². The molecule has 2 heterocycles. The third-order valence-electron chi connectivity index (χ3n) is 6.45. The van der Waals surface area contributed by atoms with E-state index in [0.29, 0.717) is 23.3 Å². The fourth-order valence-electron chi connectivity index (χ4n) is 4.27. The summed E-state index contributed by atoms with van der Waals surface area (Å²) < 4.78 is 11.9. The molecule has 0 N–H and O–H groups in total. The average Bonchev–Trinajstić information content (AvgIpc) is 2.93. The highest BCUT2D eigenvalue weighted by molar-refractivity contribution is 5.74. The van der Waals surface area contributed by atoms with Gasteiger partial charge in [0, 0.05) is 5.41 Å². The Bertz CT molecular complexity index is 1570. The molecule has 6 aromatic rings. The molecular formula is C31H24N4O2. The number of benzene rings is 4. The Morgan fingerprint density at radius 3 is 1.27 bits per heavy atom. The van der Waals surface area contributed by atoms with E-state index in [1.54, 1.807) is 12.4 Å². The first-order valence-corrected chi connectivity index (χ1v) is 12.0. The lowest BCUT2D eigenvalue weighted by atomic mass is 9.78. The van der Waals surface area contributed by atoms with E-state index in [0.717, 1.165) is 22.1 Å². The van der Waals surface area contributed by atoms with Crippen LogP contribution in [0, 0.1) is 0 Å². The number of hydrogen-bond acceptors (Lipinski definition) is 6. The summed E-state index contributed by atoms with van der Waals surface area (Å²) in [6.45, 7) is 4.39. The molecule has 2 aromatic heterocycles. The molecule has 0 saturated heterocycles. The SMILES string of the molecule is CC(C)(c1ccc(Oc2cnc3ccccc3n2)cc1)c1ccc(Oc2cnc3ccccc3n2)cc1. The lowest BCUT2D eigenvalue weighted by molar-refractivity contribution is 0.461. The van der Waals surface area contributed by atoms with Gasteiger partial charge in [0.2, 0.25) is 11.8 Å². The molecule has 0 fully saturated rings. The summed E-state index contributed by atoms with van der Waals surface area (Å²) in [5, 5.41) is 0. The molecule has 0 aliphatic carbocycles. The predicted octanol–water partition coefficient (Wildman–Crippen LogP) is 7.48. The molecule has 6 rings (SSSR count). The third kappa shape index (κ3) is 4.69. The van der Waals surface area contributed by atoms with E-state index in [4.69, 9.17) is 9.47 Å². The Hall–Kier alpha value is -4.84. The summed E-state index contributed by atoms with van der Waals surface area (Å²) in [5.74, 6) is 2.36. The molecule has 0 bridgehead atoms.